The molecule has 10 nitrogen and oxygen atoms in total. The minimum absolute atomic E-state index is 0.0244. The third kappa shape index (κ3) is 3.85. The minimum atomic E-state index is -0.866. The van der Waals surface area contributed by atoms with Crippen molar-refractivity contribution in [1.82, 2.24) is 0 Å². The molecule has 25 heavy (non-hydrogen) atoms. The Labute approximate surface area is 143 Å². The molecular formula is C15H19N3O7. The van der Waals surface area contributed by atoms with Gasteiger partial charge in [0.05, 0.1) is 41.3 Å². The highest BCUT2D eigenvalue weighted by Crippen LogP contribution is 2.37. The van der Waals surface area contributed by atoms with Gasteiger partial charge < -0.3 is 14.4 Å². The Morgan fingerprint density at radius 2 is 2.00 bits per heavy atom. The van der Waals surface area contributed by atoms with Crippen LogP contribution >= 0.6 is 0 Å². The van der Waals surface area contributed by atoms with Crippen LogP contribution in [-0.4, -0.2) is 48.7 Å². The molecule has 0 saturated carbocycles. The summed E-state index contributed by atoms with van der Waals surface area (Å²) in [7, 11) is 1.12. The van der Waals surface area contributed by atoms with Crippen LogP contribution in [0.3, 0.4) is 0 Å². The molecule has 0 bridgehead atoms. The predicted octanol–water partition coefficient (Wildman–Crippen LogP) is 2.15. The zero-order valence-electron chi connectivity index (χ0n) is 14.1. The van der Waals surface area contributed by atoms with Crippen LogP contribution in [0.25, 0.3) is 0 Å². The van der Waals surface area contributed by atoms with E-state index in [2.05, 4.69) is 4.74 Å². The van der Waals surface area contributed by atoms with Crippen LogP contribution in [0.2, 0.25) is 0 Å². The lowest BCUT2D eigenvalue weighted by molar-refractivity contribution is -0.393. The van der Waals surface area contributed by atoms with Crippen LogP contribution in [0.15, 0.2) is 12.1 Å². The quantitative estimate of drug-likeness (QED) is 0.448. The molecule has 0 radical (unpaired) electrons. The average Bonchev–Trinajstić information content (AvgIpc) is 2.59. The van der Waals surface area contributed by atoms with E-state index < -0.39 is 27.2 Å². The molecule has 2 rings (SSSR count). The smallest absolute Gasteiger partial charge is 0.340 e. The number of anilines is 1. The Kier molecular flexibility index (Phi) is 5.52. The minimum Gasteiger partial charge on any atom is -0.465 e. The van der Waals surface area contributed by atoms with Crippen molar-refractivity contribution in [2.45, 2.75) is 20.0 Å². The van der Waals surface area contributed by atoms with Crippen LogP contribution in [0.4, 0.5) is 17.1 Å². The van der Waals surface area contributed by atoms with Crippen LogP contribution in [0.1, 0.15) is 24.2 Å². The summed E-state index contributed by atoms with van der Waals surface area (Å²) >= 11 is 0. The second-order valence-corrected chi connectivity index (χ2v) is 5.97. The van der Waals surface area contributed by atoms with Crippen molar-refractivity contribution >= 4 is 23.0 Å². The van der Waals surface area contributed by atoms with Gasteiger partial charge in [-0.1, -0.05) is 13.8 Å². The summed E-state index contributed by atoms with van der Waals surface area (Å²) in [6.07, 6.45) is -0.172. The summed E-state index contributed by atoms with van der Waals surface area (Å²) in [6, 6.07) is 1.87. The lowest BCUT2D eigenvalue weighted by Gasteiger charge is -2.36. The Balaban J connectivity index is 2.62. The third-order valence-corrected chi connectivity index (χ3v) is 4.04. The molecule has 136 valence electrons. The van der Waals surface area contributed by atoms with Crippen molar-refractivity contribution in [3.63, 3.8) is 0 Å². The molecule has 1 aromatic carbocycles. The van der Waals surface area contributed by atoms with Gasteiger partial charge >= 0.3 is 5.97 Å². The number of methoxy groups -OCH3 is 1. The summed E-state index contributed by atoms with van der Waals surface area (Å²) in [5.74, 6) is -0.698. The number of carbonyl (C=O) groups is 1. The highest BCUT2D eigenvalue weighted by atomic mass is 16.6. The highest BCUT2D eigenvalue weighted by Gasteiger charge is 2.34. The van der Waals surface area contributed by atoms with E-state index >= 15 is 0 Å². The van der Waals surface area contributed by atoms with Crippen LogP contribution in [-0.2, 0) is 9.47 Å². The first-order valence-corrected chi connectivity index (χ1v) is 7.68. The molecule has 10 heteroatoms. The zero-order valence-corrected chi connectivity index (χ0v) is 14.1. The van der Waals surface area contributed by atoms with Gasteiger partial charge in [0, 0.05) is 19.2 Å². The predicted molar refractivity (Wildman–Crippen MR) is 87.9 cm³/mol. The van der Waals surface area contributed by atoms with Gasteiger partial charge in [0.1, 0.15) is 5.69 Å². The van der Waals surface area contributed by atoms with Gasteiger partial charge in [0.25, 0.3) is 11.4 Å². The molecule has 0 spiro atoms. The number of nitro benzene ring substituents is 2. The van der Waals surface area contributed by atoms with Crippen molar-refractivity contribution in [2.75, 3.05) is 31.7 Å². The number of hydrogen-bond acceptors (Lipinski definition) is 8. The number of carbonyl (C=O) groups excluding carboxylic acids is 1. The van der Waals surface area contributed by atoms with E-state index in [1.807, 2.05) is 13.8 Å². The van der Waals surface area contributed by atoms with Crippen molar-refractivity contribution < 1.29 is 24.1 Å². The molecular weight excluding hydrogens is 334 g/mol. The Hall–Kier alpha value is -2.75. The van der Waals surface area contributed by atoms with Gasteiger partial charge in [-0.15, -0.1) is 0 Å². The van der Waals surface area contributed by atoms with E-state index in [0.717, 1.165) is 19.2 Å². The Morgan fingerprint density at radius 3 is 2.52 bits per heavy atom. The maximum absolute atomic E-state index is 12.1. The number of esters is 1. The van der Waals surface area contributed by atoms with Gasteiger partial charge in [-0.3, -0.25) is 20.2 Å². The lowest BCUT2D eigenvalue weighted by Crippen LogP contribution is -2.45. The summed E-state index contributed by atoms with van der Waals surface area (Å²) < 4.78 is 10.3. The normalized spacial score (nSPS) is 17.4. The van der Waals surface area contributed by atoms with E-state index in [1.165, 1.54) is 0 Å². The fraction of sp³-hybridized carbons (Fsp3) is 0.533. The largest absolute Gasteiger partial charge is 0.465 e. The highest BCUT2D eigenvalue weighted by molar-refractivity contribution is 5.99. The van der Waals surface area contributed by atoms with Crippen molar-refractivity contribution in [2.24, 2.45) is 5.92 Å². The fourth-order valence-corrected chi connectivity index (χ4v) is 2.73. The molecule has 0 amide bonds. The molecule has 0 aliphatic carbocycles. The number of non-ortho nitro benzene ring substituents is 1. The van der Waals surface area contributed by atoms with Gasteiger partial charge in [-0.05, 0) is 5.92 Å². The Morgan fingerprint density at radius 1 is 1.32 bits per heavy atom. The van der Waals surface area contributed by atoms with E-state index in [9.17, 15) is 25.0 Å². The molecule has 1 aliphatic rings. The maximum atomic E-state index is 12.1. The molecule has 0 N–H and O–H groups in total. The number of morpholine rings is 1. The number of ether oxygens (including phenoxy) is 2. The average molecular weight is 353 g/mol. The van der Waals surface area contributed by atoms with E-state index in [4.69, 9.17) is 4.74 Å². The number of benzene rings is 1. The molecule has 1 saturated heterocycles. The van der Waals surface area contributed by atoms with Gasteiger partial charge in [0.15, 0.2) is 0 Å². The molecule has 1 heterocycles. The molecule has 1 aromatic rings. The first-order valence-electron chi connectivity index (χ1n) is 7.68. The van der Waals surface area contributed by atoms with Gasteiger partial charge in [0.2, 0.25) is 0 Å². The maximum Gasteiger partial charge on any atom is 0.340 e. The number of nitrogens with zero attached hydrogens (tertiary/aromatic N) is 3. The van der Waals surface area contributed by atoms with Crippen LogP contribution in [0.5, 0.6) is 0 Å². The molecule has 1 fully saturated rings. The first-order chi connectivity index (χ1) is 11.8. The fourth-order valence-electron chi connectivity index (χ4n) is 2.73. The SMILES string of the molecule is COC(=O)c1cc([N+](=O)[O-])cc([N+](=O)[O-])c1N1CCO[C@@H](C(C)C)C1. The van der Waals surface area contributed by atoms with Crippen molar-refractivity contribution in [1.29, 1.82) is 0 Å². The molecule has 1 aliphatic heterocycles. The third-order valence-electron chi connectivity index (χ3n) is 4.04. The number of nitro groups is 2. The van der Waals surface area contributed by atoms with Crippen molar-refractivity contribution in [3.05, 3.63) is 37.9 Å². The van der Waals surface area contributed by atoms with E-state index in [1.54, 1.807) is 4.90 Å². The second kappa shape index (κ2) is 7.43. The number of hydrogen-bond donors (Lipinski definition) is 0. The standard InChI is InChI=1S/C15H19N3O7/c1-9(2)13-8-16(4-5-25-13)14-11(15(19)24-3)6-10(17(20)21)7-12(14)18(22)23/h6-7,9,13H,4-5,8H2,1-3H3/t13-/m1/s1. The second-order valence-electron chi connectivity index (χ2n) is 5.97. The Bertz CT molecular complexity index is 705. The van der Waals surface area contributed by atoms with Gasteiger partial charge in [-0.25, -0.2) is 4.79 Å². The number of rotatable bonds is 5. The summed E-state index contributed by atoms with van der Waals surface area (Å²) in [6.45, 7) is 4.91. The summed E-state index contributed by atoms with van der Waals surface area (Å²) in [5.41, 5.74) is -1.22. The molecule has 0 aromatic heterocycles. The monoisotopic (exact) mass is 353 g/mol. The van der Waals surface area contributed by atoms with E-state index in [0.29, 0.717) is 19.7 Å². The van der Waals surface area contributed by atoms with E-state index in [-0.39, 0.29) is 23.3 Å². The summed E-state index contributed by atoms with van der Waals surface area (Å²) in [5, 5.41) is 22.6. The van der Waals surface area contributed by atoms with Crippen LogP contribution < -0.4 is 4.90 Å². The van der Waals surface area contributed by atoms with Crippen molar-refractivity contribution in [3.8, 4) is 0 Å². The van der Waals surface area contributed by atoms with Gasteiger partial charge in [-0.2, -0.15) is 0 Å². The molecule has 1 atom stereocenters. The van der Waals surface area contributed by atoms with Crippen LogP contribution in [0, 0.1) is 26.1 Å². The summed E-state index contributed by atoms with van der Waals surface area (Å²) in [4.78, 5) is 34.8. The lowest BCUT2D eigenvalue weighted by atomic mass is 10.0. The molecule has 0 unspecified atom stereocenters. The first kappa shape index (κ1) is 18.6. The zero-order chi connectivity index (χ0) is 18.7. The topological polar surface area (TPSA) is 125 Å².